The summed E-state index contributed by atoms with van der Waals surface area (Å²) in [6.45, 7) is 1.36. The zero-order valence-corrected chi connectivity index (χ0v) is 16.8. The summed E-state index contributed by atoms with van der Waals surface area (Å²) in [5, 5.41) is 8.06. The Labute approximate surface area is 176 Å². The summed E-state index contributed by atoms with van der Waals surface area (Å²) in [5.41, 5.74) is -0.514. The molecule has 3 aliphatic heterocycles. The zero-order valence-electron chi connectivity index (χ0n) is 16.8. The molecule has 10 heteroatoms. The molecule has 0 aromatic heterocycles. The normalized spacial score (nSPS) is 26.4. The summed E-state index contributed by atoms with van der Waals surface area (Å²) in [6.07, 6.45) is -3.87. The molecule has 1 aromatic rings. The molecule has 31 heavy (non-hydrogen) atoms. The van der Waals surface area contributed by atoms with Crippen LogP contribution < -0.4 is 16.0 Å². The number of imide groups is 1. The first-order valence-electron chi connectivity index (χ1n) is 10.4. The van der Waals surface area contributed by atoms with Crippen molar-refractivity contribution < 1.29 is 27.6 Å². The Bertz CT molecular complexity index is 965. The first-order valence-corrected chi connectivity index (χ1v) is 10.4. The number of hydrogen-bond acceptors (Lipinski definition) is 5. The van der Waals surface area contributed by atoms with Crippen LogP contribution in [0.25, 0.3) is 0 Å². The van der Waals surface area contributed by atoms with Crippen molar-refractivity contribution in [1.82, 2.24) is 20.9 Å². The fraction of sp³-hybridized carbons (Fsp3) is 0.571. The van der Waals surface area contributed by atoms with Gasteiger partial charge in [-0.05, 0) is 41.9 Å². The van der Waals surface area contributed by atoms with E-state index in [1.807, 2.05) is 0 Å². The predicted octanol–water partition coefficient (Wildman–Crippen LogP) is 1.22. The molecule has 3 heterocycles. The summed E-state index contributed by atoms with van der Waals surface area (Å²) in [5.74, 6) is -1.21. The van der Waals surface area contributed by atoms with Crippen LogP contribution in [0.1, 0.15) is 47.2 Å². The Balaban J connectivity index is 1.34. The molecule has 3 fully saturated rings. The molecule has 2 saturated heterocycles. The number of piperidine rings is 1. The summed E-state index contributed by atoms with van der Waals surface area (Å²) in [7, 11) is 0. The van der Waals surface area contributed by atoms with E-state index in [1.165, 1.54) is 4.90 Å². The Morgan fingerprint density at radius 1 is 1.16 bits per heavy atom. The van der Waals surface area contributed by atoms with Gasteiger partial charge < -0.3 is 10.2 Å². The Kier molecular flexibility index (Phi) is 4.46. The van der Waals surface area contributed by atoms with E-state index in [-0.39, 0.29) is 56.0 Å². The van der Waals surface area contributed by atoms with Crippen molar-refractivity contribution in [3.05, 3.63) is 34.9 Å². The minimum atomic E-state index is -4.36. The number of amides is 3. The van der Waals surface area contributed by atoms with Gasteiger partial charge in [0.05, 0.1) is 0 Å². The molecule has 1 aliphatic carbocycles. The highest BCUT2D eigenvalue weighted by Gasteiger charge is 2.68. The molecule has 1 aromatic carbocycles. The van der Waals surface area contributed by atoms with Gasteiger partial charge in [0.1, 0.15) is 11.6 Å². The van der Waals surface area contributed by atoms with Gasteiger partial charge in [-0.25, -0.2) is 0 Å². The fourth-order valence-corrected chi connectivity index (χ4v) is 5.46. The Morgan fingerprint density at radius 2 is 1.90 bits per heavy atom. The molecule has 3 N–H and O–H groups in total. The number of fused-ring (bicyclic) bond motifs is 1. The monoisotopic (exact) mass is 436 g/mol. The van der Waals surface area contributed by atoms with E-state index < -0.39 is 23.7 Å². The van der Waals surface area contributed by atoms with Crippen molar-refractivity contribution in [3.63, 3.8) is 0 Å². The molecule has 1 spiro atoms. The van der Waals surface area contributed by atoms with Gasteiger partial charge in [-0.15, -0.1) is 0 Å². The van der Waals surface area contributed by atoms with E-state index >= 15 is 0 Å². The lowest BCUT2D eigenvalue weighted by Crippen LogP contribution is -2.75. The second kappa shape index (κ2) is 6.77. The maximum atomic E-state index is 13.9. The van der Waals surface area contributed by atoms with Crippen LogP contribution in [0.4, 0.5) is 13.2 Å². The third-order valence-corrected chi connectivity index (χ3v) is 7.19. The molecular weight excluding hydrogens is 413 g/mol. The van der Waals surface area contributed by atoms with Gasteiger partial charge in [0.2, 0.25) is 11.8 Å². The summed E-state index contributed by atoms with van der Waals surface area (Å²) in [4.78, 5) is 37.9. The third-order valence-electron chi connectivity index (χ3n) is 7.19. The third kappa shape index (κ3) is 3.15. The summed E-state index contributed by atoms with van der Waals surface area (Å²) < 4.78 is 41.6. The van der Waals surface area contributed by atoms with Gasteiger partial charge in [-0.2, -0.15) is 13.2 Å². The highest BCUT2D eigenvalue weighted by Crippen LogP contribution is 2.57. The lowest BCUT2D eigenvalue weighted by atomic mass is 9.54. The summed E-state index contributed by atoms with van der Waals surface area (Å²) >= 11 is 0. The number of hydrogen-bond donors (Lipinski definition) is 3. The van der Waals surface area contributed by atoms with E-state index in [9.17, 15) is 27.6 Å². The van der Waals surface area contributed by atoms with Crippen LogP contribution >= 0.6 is 0 Å². The minimum absolute atomic E-state index is 0.0112. The van der Waals surface area contributed by atoms with E-state index in [1.54, 1.807) is 18.2 Å². The largest absolute Gasteiger partial charge is 0.406 e. The number of carbonyl (C=O) groups excluding carboxylic acids is 3. The molecular formula is C21H23F3N4O3. The van der Waals surface area contributed by atoms with Crippen molar-refractivity contribution in [1.29, 1.82) is 0 Å². The van der Waals surface area contributed by atoms with Crippen molar-refractivity contribution in [2.75, 3.05) is 13.1 Å². The number of benzene rings is 1. The van der Waals surface area contributed by atoms with Gasteiger partial charge in [0.25, 0.3) is 5.91 Å². The minimum Gasteiger partial charge on any atom is -0.322 e. The van der Waals surface area contributed by atoms with E-state index in [2.05, 4.69) is 16.0 Å². The van der Waals surface area contributed by atoms with Gasteiger partial charge in [0.15, 0.2) is 0 Å². The van der Waals surface area contributed by atoms with Crippen LogP contribution in [0.2, 0.25) is 0 Å². The molecule has 1 saturated carbocycles. The molecule has 3 amide bonds. The van der Waals surface area contributed by atoms with Crippen LogP contribution in [0.15, 0.2) is 18.2 Å². The summed E-state index contributed by atoms with van der Waals surface area (Å²) in [6, 6.07) is 4.25. The topological polar surface area (TPSA) is 90.5 Å². The van der Waals surface area contributed by atoms with Crippen molar-refractivity contribution in [3.8, 4) is 0 Å². The van der Waals surface area contributed by atoms with E-state index in [0.717, 1.165) is 0 Å². The number of nitrogens with one attached hydrogen (secondary N) is 3. The Morgan fingerprint density at radius 3 is 2.52 bits per heavy atom. The maximum absolute atomic E-state index is 13.9. The number of nitrogens with zero attached hydrogens (tertiary/aromatic N) is 1. The molecule has 1 atom stereocenters. The van der Waals surface area contributed by atoms with Crippen molar-refractivity contribution >= 4 is 17.7 Å². The van der Waals surface area contributed by atoms with Crippen molar-refractivity contribution in [2.45, 2.75) is 56.5 Å². The number of rotatable bonds is 4. The SMILES string of the molecule is O=C1CCC(N2Cc3c(CNC4(C(F)(F)F)CC5(CNC5)C4)cccc3C2=O)C(=O)N1. The van der Waals surface area contributed by atoms with Gasteiger partial charge in [-0.3, -0.25) is 25.0 Å². The van der Waals surface area contributed by atoms with Gasteiger partial charge >= 0.3 is 6.18 Å². The molecule has 0 bridgehead atoms. The molecule has 0 radical (unpaired) electrons. The van der Waals surface area contributed by atoms with Crippen LogP contribution in [-0.2, 0) is 22.7 Å². The van der Waals surface area contributed by atoms with Crippen LogP contribution in [0.5, 0.6) is 0 Å². The quantitative estimate of drug-likeness (QED) is 0.618. The van der Waals surface area contributed by atoms with Crippen LogP contribution in [0, 0.1) is 5.41 Å². The smallest absolute Gasteiger partial charge is 0.322 e. The van der Waals surface area contributed by atoms with Gasteiger partial charge in [-0.1, -0.05) is 12.1 Å². The number of alkyl halides is 3. The van der Waals surface area contributed by atoms with Crippen LogP contribution in [0.3, 0.4) is 0 Å². The lowest BCUT2D eigenvalue weighted by molar-refractivity contribution is -0.255. The molecule has 1 unspecified atom stereocenters. The van der Waals surface area contributed by atoms with Crippen LogP contribution in [-0.4, -0.2) is 53.5 Å². The molecule has 5 rings (SSSR count). The van der Waals surface area contributed by atoms with Gasteiger partial charge in [0, 0.05) is 38.2 Å². The van der Waals surface area contributed by atoms with Crippen molar-refractivity contribution in [2.24, 2.45) is 5.41 Å². The standard InChI is InChI=1S/C21H23F3N4O3/c22-21(23,24)20(8-19(9-20)10-25-11-19)26-6-12-2-1-3-13-14(12)7-28(18(13)31)15-4-5-16(29)27-17(15)30/h1-3,15,25-26H,4-11H2,(H,27,29,30). The first-order chi connectivity index (χ1) is 14.6. The predicted molar refractivity (Wildman–Crippen MR) is 103 cm³/mol. The second-order valence-electron chi connectivity index (χ2n) is 9.23. The number of halogens is 3. The second-order valence-corrected chi connectivity index (χ2v) is 9.23. The molecule has 4 aliphatic rings. The average Bonchev–Trinajstić information content (AvgIpc) is 2.96. The Hall–Kier alpha value is -2.46. The fourth-order valence-electron chi connectivity index (χ4n) is 5.46. The lowest BCUT2D eigenvalue weighted by Gasteiger charge is -2.61. The van der Waals surface area contributed by atoms with E-state index in [4.69, 9.17) is 0 Å². The average molecular weight is 436 g/mol. The molecule has 7 nitrogen and oxygen atoms in total. The number of carbonyl (C=O) groups is 3. The van der Waals surface area contributed by atoms with E-state index in [0.29, 0.717) is 29.8 Å². The first kappa shape index (κ1) is 20.4. The molecule has 166 valence electrons. The zero-order chi connectivity index (χ0) is 22.0. The highest BCUT2D eigenvalue weighted by molar-refractivity contribution is 6.05. The highest BCUT2D eigenvalue weighted by atomic mass is 19.4. The maximum Gasteiger partial charge on any atom is 0.406 e.